The second-order valence-electron chi connectivity index (χ2n) is 5.56. The molecule has 5 nitrogen and oxygen atoms in total. The summed E-state index contributed by atoms with van der Waals surface area (Å²) in [4.78, 5) is 14.8. The van der Waals surface area contributed by atoms with E-state index in [1.54, 1.807) is 6.07 Å². The standard InChI is InChI=1S/C16H16FN5/c17-14-3-1-2-13-15(14)19-10-20-16(13)21-7-4-12(5-8-21)22-9-6-18-11-22/h1-3,6,9-12H,4-5,7-8H2. The molecule has 0 saturated carbocycles. The largest absolute Gasteiger partial charge is 0.356 e. The molecule has 0 spiro atoms. The number of hydrogen-bond acceptors (Lipinski definition) is 4. The van der Waals surface area contributed by atoms with Crippen molar-refractivity contribution in [1.82, 2.24) is 19.5 Å². The zero-order valence-electron chi connectivity index (χ0n) is 12.1. The SMILES string of the molecule is Fc1cccc2c(N3CCC(n4ccnc4)CC3)ncnc12. The van der Waals surface area contributed by atoms with Gasteiger partial charge >= 0.3 is 0 Å². The first-order chi connectivity index (χ1) is 10.8. The molecule has 0 amide bonds. The van der Waals surface area contributed by atoms with Crippen molar-refractivity contribution in [2.24, 2.45) is 0 Å². The maximum atomic E-state index is 13.9. The molecule has 4 rings (SSSR count). The smallest absolute Gasteiger partial charge is 0.149 e. The molecule has 0 aliphatic carbocycles. The van der Waals surface area contributed by atoms with E-state index in [0.29, 0.717) is 11.6 Å². The number of aromatic nitrogens is 4. The maximum Gasteiger partial charge on any atom is 0.149 e. The Morgan fingerprint density at radius 3 is 2.77 bits per heavy atom. The lowest BCUT2D eigenvalue weighted by molar-refractivity contribution is 0.395. The van der Waals surface area contributed by atoms with Crippen molar-refractivity contribution < 1.29 is 4.39 Å². The summed E-state index contributed by atoms with van der Waals surface area (Å²) in [7, 11) is 0. The van der Waals surface area contributed by atoms with E-state index in [-0.39, 0.29) is 5.82 Å². The van der Waals surface area contributed by atoms with Gasteiger partial charge in [0.05, 0.1) is 6.33 Å². The van der Waals surface area contributed by atoms with Crippen molar-refractivity contribution in [3.8, 4) is 0 Å². The van der Waals surface area contributed by atoms with E-state index in [2.05, 4.69) is 24.4 Å². The van der Waals surface area contributed by atoms with E-state index in [0.717, 1.165) is 37.1 Å². The minimum Gasteiger partial charge on any atom is -0.356 e. The maximum absolute atomic E-state index is 13.9. The molecule has 0 atom stereocenters. The first-order valence-electron chi connectivity index (χ1n) is 7.44. The summed E-state index contributed by atoms with van der Waals surface area (Å²) < 4.78 is 16.0. The van der Waals surface area contributed by atoms with Crippen LogP contribution < -0.4 is 4.90 Å². The number of anilines is 1. The molecule has 6 heteroatoms. The summed E-state index contributed by atoms with van der Waals surface area (Å²) in [6.07, 6.45) is 9.19. The van der Waals surface area contributed by atoms with Gasteiger partial charge in [0.25, 0.3) is 0 Å². The summed E-state index contributed by atoms with van der Waals surface area (Å²) in [5.74, 6) is 0.531. The highest BCUT2D eigenvalue weighted by Crippen LogP contribution is 2.29. The number of halogens is 1. The van der Waals surface area contributed by atoms with Crippen LogP contribution in [-0.2, 0) is 0 Å². The van der Waals surface area contributed by atoms with Crippen LogP contribution in [0.2, 0.25) is 0 Å². The van der Waals surface area contributed by atoms with Crippen molar-refractivity contribution >= 4 is 16.7 Å². The molecule has 3 aromatic rings. The van der Waals surface area contributed by atoms with Gasteiger partial charge in [0.1, 0.15) is 23.5 Å². The highest BCUT2D eigenvalue weighted by atomic mass is 19.1. The molecule has 0 N–H and O–H groups in total. The van der Waals surface area contributed by atoms with Gasteiger partial charge in [-0.3, -0.25) is 0 Å². The summed E-state index contributed by atoms with van der Waals surface area (Å²) >= 11 is 0. The van der Waals surface area contributed by atoms with Crippen molar-refractivity contribution in [2.75, 3.05) is 18.0 Å². The van der Waals surface area contributed by atoms with Crippen LogP contribution in [0.15, 0.2) is 43.2 Å². The number of imidazole rings is 1. The van der Waals surface area contributed by atoms with Crippen molar-refractivity contribution in [3.63, 3.8) is 0 Å². The van der Waals surface area contributed by atoms with Crippen LogP contribution in [0.5, 0.6) is 0 Å². The number of fused-ring (bicyclic) bond motifs is 1. The number of nitrogens with zero attached hydrogens (tertiary/aromatic N) is 5. The molecule has 112 valence electrons. The molecule has 1 aromatic carbocycles. The molecular weight excluding hydrogens is 281 g/mol. The monoisotopic (exact) mass is 297 g/mol. The quantitative estimate of drug-likeness (QED) is 0.730. The van der Waals surface area contributed by atoms with Gasteiger partial charge in [-0.2, -0.15) is 0 Å². The van der Waals surface area contributed by atoms with Crippen molar-refractivity contribution in [2.45, 2.75) is 18.9 Å². The highest BCUT2D eigenvalue weighted by Gasteiger charge is 2.22. The zero-order valence-corrected chi connectivity index (χ0v) is 12.1. The molecular formula is C16H16FN5. The summed E-state index contributed by atoms with van der Waals surface area (Å²) in [6, 6.07) is 5.51. The number of rotatable bonds is 2. The fourth-order valence-electron chi connectivity index (χ4n) is 3.15. The van der Waals surface area contributed by atoms with Crippen molar-refractivity contribution in [3.05, 3.63) is 49.1 Å². The van der Waals surface area contributed by atoms with Gasteiger partial charge in [-0.15, -0.1) is 0 Å². The Bertz CT molecular complexity index is 778. The molecule has 0 bridgehead atoms. The lowest BCUT2D eigenvalue weighted by atomic mass is 10.0. The van der Waals surface area contributed by atoms with E-state index in [1.165, 1.54) is 12.4 Å². The van der Waals surface area contributed by atoms with Crippen LogP contribution in [0.25, 0.3) is 10.9 Å². The predicted octanol–water partition coefficient (Wildman–Crippen LogP) is 2.81. The molecule has 1 fully saturated rings. The fraction of sp³-hybridized carbons (Fsp3) is 0.312. The van der Waals surface area contributed by atoms with Crippen LogP contribution >= 0.6 is 0 Å². The predicted molar refractivity (Wildman–Crippen MR) is 82.2 cm³/mol. The van der Waals surface area contributed by atoms with E-state index in [4.69, 9.17) is 0 Å². The minimum absolute atomic E-state index is 0.297. The van der Waals surface area contributed by atoms with E-state index < -0.39 is 0 Å². The average molecular weight is 297 g/mol. The molecule has 0 radical (unpaired) electrons. The fourth-order valence-corrected chi connectivity index (χ4v) is 3.15. The molecule has 3 heterocycles. The van der Waals surface area contributed by atoms with Crippen LogP contribution in [0.1, 0.15) is 18.9 Å². The normalized spacial score (nSPS) is 16.3. The third-order valence-electron chi connectivity index (χ3n) is 4.31. The first-order valence-corrected chi connectivity index (χ1v) is 7.44. The summed E-state index contributed by atoms with van der Waals surface area (Å²) in [5.41, 5.74) is 0.393. The lowest BCUT2D eigenvalue weighted by Gasteiger charge is -2.33. The van der Waals surface area contributed by atoms with Gasteiger partial charge in [0, 0.05) is 36.9 Å². The first kappa shape index (κ1) is 13.2. The molecule has 2 aromatic heterocycles. The second-order valence-corrected chi connectivity index (χ2v) is 5.56. The van der Waals surface area contributed by atoms with Crippen LogP contribution in [0.4, 0.5) is 10.2 Å². The Morgan fingerprint density at radius 2 is 2.00 bits per heavy atom. The second kappa shape index (κ2) is 5.36. The van der Waals surface area contributed by atoms with Crippen LogP contribution in [0.3, 0.4) is 0 Å². The Kier molecular flexibility index (Phi) is 3.21. The van der Waals surface area contributed by atoms with Gasteiger partial charge in [-0.05, 0) is 25.0 Å². The van der Waals surface area contributed by atoms with Crippen LogP contribution in [-0.4, -0.2) is 32.6 Å². The topological polar surface area (TPSA) is 46.8 Å². The molecule has 22 heavy (non-hydrogen) atoms. The molecule has 0 unspecified atom stereocenters. The van der Waals surface area contributed by atoms with E-state index >= 15 is 0 Å². The third kappa shape index (κ3) is 2.20. The van der Waals surface area contributed by atoms with Gasteiger partial charge in [-0.1, -0.05) is 6.07 Å². The number of benzene rings is 1. The number of piperidine rings is 1. The molecule has 1 aliphatic rings. The molecule has 1 saturated heterocycles. The Morgan fingerprint density at radius 1 is 1.14 bits per heavy atom. The zero-order chi connectivity index (χ0) is 14.9. The summed E-state index contributed by atoms with van der Waals surface area (Å²) in [5, 5.41) is 0.781. The number of para-hydroxylation sites is 1. The Balaban J connectivity index is 1.60. The van der Waals surface area contributed by atoms with Gasteiger partial charge in [-0.25, -0.2) is 19.3 Å². The van der Waals surface area contributed by atoms with E-state index in [1.807, 2.05) is 24.8 Å². The Labute approximate surface area is 127 Å². The van der Waals surface area contributed by atoms with E-state index in [9.17, 15) is 4.39 Å². The van der Waals surface area contributed by atoms with Crippen LogP contribution in [0, 0.1) is 5.82 Å². The Hall–Kier alpha value is -2.50. The minimum atomic E-state index is -0.297. The number of hydrogen-bond donors (Lipinski definition) is 0. The van der Waals surface area contributed by atoms with Gasteiger partial charge < -0.3 is 9.47 Å². The lowest BCUT2D eigenvalue weighted by Crippen LogP contribution is -2.35. The average Bonchev–Trinajstić information content (AvgIpc) is 3.10. The summed E-state index contributed by atoms with van der Waals surface area (Å²) in [6.45, 7) is 1.79. The highest BCUT2D eigenvalue weighted by molar-refractivity contribution is 5.89. The van der Waals surface area contributed by atoms with Gasteiger partial charge in [0.2, 0.25) is 0 Å². The van der Waals surface area contributed by atoms with Gasteiger partial charge in [0.15, 0.2) is 0 Å². The molecule has 1 aliphatic heterocycles. The van der Waals surface area contributed by atoms with Crippen molar-refractivity contribution in [1.29, 1.82) is 0 Å². The third-order valence-corrected chi connectivity index (χ3v) is 4.31.